The number of amides is 1. The molecule has 2 aromatic carbocycles. The highest BCUT2D eigenvalue weighted by Crippen LogP contribution is 2.51. The summed E-state index contributed by atoms with van der Waals surface area (Å²) in [6.45, 7) is 18.4. The summed E-state index contributed by atoms with van der Waals surface area (Å²) in [5.41, 5.74) is 13.3. The first-order valence-corrected chi connectivity index (χ1v) is 16.9. The van der Waals surface area contributed by atoms with E-state index in [1.54, 1.807) is 11.3 Å². The molecular weight excluding hydrogens is 591 g/mol. The fourth-order valence-electron chi connectivity index (χ4n) is 7.04. The molecule has 0 saturated carbocycles. The first-order valence-electron chi connectivity index (χ1n) is 16.1. The zero-order valence-electron chi connectivity index (χ0n) is 28.9. The Labute approximate surface area is 279 Å². The topological polar surface area (TPSA) is 114 Å². The van der Waals surface area contributed by atoms with Gasteiger partial charge in [0.2, 0.25) is 5.91 Å². The number of rotatable bonds is 11. The van der Waals surface area contributed by atoms with Crippen LogP contribution in [0.15, 0.2) is 60.2 Å². The molecule has 0 bridgehead atoms. The highest BCUT2D eigenvalue weighted by molar-refractivity contribution is 7.12. The number of allylic oxidation sites excluding steroid dienone is 2. The molecule has 1 amide bonds. The monoisotopic (exact) mass is 642 g/mol. The number of hydrogen-bond donors (Lipinski definition) is 3. The SMILES string of the molecule is CCNc1ccc([C@H](c2cc(CN3CC(=O)N(C)CC(C)(C)C3)c(C)s2)C(C)(C)C(=O)[C]2C=C2Cc2ccccc2)c(C)c1N.N. The van der Waals surface area contributed by atoms with Gasteiger partial charge in [0, 0.05) is 54.3 Å². The standard InChI is InChI=1S/C38H49N4O2S.H3N/c1-9-40-31-16-15-29(24(2)35(31)39)34(38(6,7)36(44)30-18-27(30)17-26-13-11-10-12-14-26)32-19-28(25(3)45-32)20-42-21-33(43)41(8)22-37(4,5)23-42;/h10-16,18-19,34,40H,9,17,20-23,39H2,1-8H3;1H3/t34-;/m1./s1. The zero-order valence-corrected chi connectivity index (χ0v) is 29.7. The Hall–Kier alpha value is -3.46. The molecule has 6 N–H and O–H groups in total. The molecule has 0 spiro atoms. The van der Waals surface area contributed by atoms with Gasteiger partial charge in [-0.15, -0.1) is 11.3 Å². The summed E-state index contributed by atoms with van der Waals surface area (Å²) >= 11 is 1.76. The van der Waals surface area contributed by atoms with E-state index in [2.05, 4.69) is 95.1 Å². The Bertz CT molecular complexity index is 1610. The second-order valence-electron chi connectivity index (χ2n) is 14.3. The van der Waals surface area contributed by atoms with Crippen LogP contribution in [0.4, 0.5) is 11.4 Å². The summed E-state index contributed by atoms with van der Waals surface area (Å²) in [5.74, 6) is 0.994. The number of anilines is 2. The molecule has 1 aromatic heterocycles. The molecule has 1 aliphatic carbocycles. The van der Waals surface area contributed by atoms with Crippen molar-refractivity contribution in [2.24, 2.45) is 10.8 Å². The minimum Gasteiger partial charge on any atom is -0.397 e. The predicted octanol–water partition coefficient (Wildman–Crippen LogP) is 7.33. The van der Waals surface area contributed by atoms with Gasteiger partial charge in [0.25, 0.3) is 0 Å². The number of carbonyl (C=O) groups is 2. The summed E-state index contributed by atoms with van der Waals surface area (Å²) in [4.78, 5) is 33.8. The molecule has 8 heteroatoms. The smallest absolute Gasteiger partial charge is 0.236 e. The Morgan fingerprint density at radius 2 is 1.80 bits per heavy atom. The number of nitrogens with zero attached hydrogens (tertiary/aromatic N) is 2. The van der Waals surface area contributed by atoms with Crippen molar-refractivity contribution in [1.29, 1.82) is 0 Å². The maximum absolute atomic E-state index is 14.4. The lowest BCUT2D eigenvalue weighted by molar-refractivity contribution is -0.130. The lowest BCUT2D eigenvalue weighted by Crippen LogP contribution is -2.35. The van der Waals surface area contributed by atoms with Crippen molar-refractivity contribution in [2.45, 2.75) is 67.3 Å². The van der Waals surface area contributed by atoms with Crippen LogP contribution in [0.2, 0.25) is 0 Å². The fraction of sp³-hybridized carbons (Fsp3) is 0.447. The maximum Gasteiger partial charge on any atom is 0.236 e. The fourth-order valence-corrected chi connectivity index (χ4v) is 8.39. The maximum atomic E-state index is 14.4. The number of benzene rings is 2. The van der Waals surface area contributed by atoms with Crippen LogP contribution >= 0.6 is 11.3 Å². The Morgan fingerprint density at radius 3 is 2.48 bits per heavy atom. The van der Waals surface area contributed by atoms with Crippen molar-refractivity contribution in [2.75, 3.05) is 44.3 Å². The van der Waals surface area contributed by atoms with E-state index in [0.717, 1.165) is 64.9 Å². The normalized spacial score (nSPS) is 17.6. The third-order valence-corrected chi connectivity index (χ3v) is 10.6. The molecule has 2 heterocycles. The molecule has 46 heavy (non-hydrogen) atoms. The Balaban J connectivity index is 0.00000480. The van der Waals surface area contributed by atoms with Gasteiger partial charge in [0.05, 0.1) is 23.8 Å². The number of Topliss-reactive ketones (excluding diaryl/α,β-unsaturated/α-hetero) is 1. The number of hydrogen-bond acceptors (Lipinski definition) is 7. The van der Waals surface area contributed by atoms with E-state index in [9.17, 15) is 9.59 Å². The number of thiophene rings is 1. The van der Waals surface area contributed by atoms with Gasteiger partial charge in [-0.25, -0.2) is 0 Å². The van der Waals surface area contributed by atoms with Crippen LogP contribution in [0.3, 0.4) is 0 Å². The average Bonchev–Trinajstić information content (AvgIpc) is 3.66. The van der Waals surface area contributed by atoms with Crippen LogP contribution in [-0.2, 0) is 22.6 Å². The van der Waals surface area contributed by atoms with E-state index in [4.69, 9.17) is 5.73 Å². The van der Waals surface area contributed by atoms with Crippen LogP contribution in [-0.4, -0.2) is 54.7 Å². The number of aryl methyl sites for hydroxylation is 1. The van der Waals surface area contributed by atoms with Gasteiger partial charge in [0.1, 0.15) is 0 Å². The number of nitrogens with one attached hydrogen (secondary N) is 1. The largest absolute Gasteiger partial charge is 0.397 e. The predicted molar refractivity (Wildman–Crippen MR) is 193 cm³/mol. The van der Waals surface area contributed by atoms with Crippen LogP contribution in [0.25, 0.3) is 0 Å². The lowest BCUT2D eigenvalue weighted by Gasteiger charge is -2.35. The van der Waals surface area contributed by atoms with Crippen molar-refractivity contribution >= 4 is 34.4 Å². The third kappa shape index (κ3) is 7.40. The number of ketones is 1. The minimum absolute atomic E-state index is 0. The molecule has 5 rings (SSSR count). The molecule has 0 unspecified atom stereocenters. The molecule has 1 atom stereocenters. The number of likely N-dealkylation sites (N-methyl/N-ethyl adjacent to an activating group) is 1. The van der Waals surface area contributed by atoms with Crippen molar-refractivity contribution in [3.05, 3.63) is 98.1 Å². The van der Waals surface area contributed by atoms with E-state index in [1.165, 1.54) is 16.0 Å². The highest BCUT2D eigenvalue weighted by atomic mass is 32.1. The van der Waals surface area contributed by atoms with E-state index in [1.807, 2.05) is 30.1 Å². The minimum atomic E-state index is -0.723. The van der Waals surface area contributed by atoms with Gasteiger partial charge in [-0.3, -0.25) is 14.5 Å². The van der Waals surface area contributed by atoms with Crippen molar-refractivity contribution in [3.8, 4) is 0 Å². The summed E-state index contributed by atoms with van der Waals surface area (Å²) < 4.78 is 0. The molecule has 1 saturated heterocycles. The summed E-state index contributed by atoms with van der Waals surface area (Å²) in [6, 6.07) is 16.8. The van der Waals surface area contributed by atoms with E-state index in [0.29, 0.717) is 13.1 Å². The van der Waals surface area contributed by atoms with Crippen LogP contribution in [0.5, 0.6) is 0 Å². The van der Waals surface area contributed by atoms with Crippen LogP contribution < -0.4 is 17.2 Å². The van der Waals surface area contributed by atoms with E-state index in [-0.39, 0.29) is 29.2 Å². The van der Waals surface area contributed by atoms with E-state index >= 15 is 0 Å². The van der Waals surface area contributed by atoms with Gasteiger partial charge >= 0.3 is 0 Å². The molecule has 2 aliphatic rings. The Morgan fingerprint density at radius 1 is 1.11 bits per heavy atom. The van der Waals surface area contributed by atoms with Crippen molar-refractivity contribution in [3.63, 3.8) is 0 Å². The highest BCUT2D eigenvalue weighted by Gasteiger charge is 2.47. The van der Waals surface area contributed by atoms with Gasteiger partial charge in [-0.1, -0.05) is 70.2 Å². The molecule has 1 aliphatic heterocycles. The molecule has 1 radical (unpaired) electrons. The van der Waals surface area contributed by atoms with Gasteiger partial charge in [0.15, 0.2) is 5.78 Å². The van der Waals surface area contributed by atoms with Crippen molar-refractivity contribution in [1.82, 2.24) is 16.0 Å². The quantitative estimate of drug-likeness (QED) is 0.189. The second kappa shape index (κ2) is 13.7. The first-order chi connectivity index (χ1) is 21.2. The molecule has 1 fully saturated rings. The van der Waals surface area contributed by atoms with Crippen molar-refractivity contribution < 1.29 is 9.59 Å². The molecule has 247 valence electrons. The van der Waals surface area contributed by atoms with Gasteiger partial charge < -0.3 is 22.1 Å². The number of nitrogens with two attached hydrogens (primary N) is 1. The first kappa shape index (κ1) is 35.4. The molecule has 3 aromatic rings. The molecule has 7 nitrogen and oxygen atoms in total. The Kier molecular flexibility index (Phi) is 10.6. The zero-order chi connectivity index (χ0) is 32.7. The average molecular weight is 643 g/mol. The summed E-state index contributed by atoms with van der Waals surface area (Å²) in [5, 5.41) is 3.38. The summed E-state index contributed by atoms with van der Waals surface area (Å²) in [6.07, 6.45) is 2.83. The summed E-state index contributed by atoms with van der Waals surface area (Å²) in [7, 11) is 1.90. The lowest BCUT2D eigenvalue weighted by atomic mass is 9.68. The van der Waals surface area contributed by atoms with Gasteiger partial charge in [-0.05, 0) is 72.6 Å². The second-order valence-corrected chi connectivity index (χ2v) is 15.6. The van der Waals surface area contributed by atoms with E-state index < -0.39 is 5.41 Å². The van der Waals surface area contributed by atoms with Gasteiger partial charge in [-0.2, -0.15) is 0 Å². The molecular formula is C38H52N5O2S. The number of nitrogen functional groups attached to an aromatic ring is 1. The van der Waals surface area contributed by atoms with Crippen LogP contribution in [0, 0.1) is 30.6 Å². The van der Waals surface area contributed by atoms with Crippen LogP contribution in [0.1, 0.15) is 72.5 Å². The number of carbonyl (C=O) groups excluding carboxylic acids is 2. The third-order valence-electron chi connectivity index (χ3n) is 9.42.